The molecule has 0 radical (unpaired) electrons. The molecule has 25 heavy (non-hydrogen) atoms. The first-order valence-corrected chi connectivity index (χ1v) is 8.95. The van der Waals surface area contributed by atoms with Crippen molar-refractivity contribution < 1.29 is 19.0 Å². The third kappa shape index (κ3) is 3.35. The van der Waals surface area contributed by atoms with Crippen LogP contribution in [0, 0.1) is 11.2 Å². The number of aromatic nitrogens is 1. The molecular weight excluding hydrogens is 323 g/mol. The van der Waals surface area contributed by atoms with Crippen molar-refractivity contribution >= 4 is 16.9 Å². The van der Waals surface area contributed by atoms with E-state index < -0.39 is 17.5 Å². The average molecular weight is 348 g/mol. The predicted molar refractivity (Wildman–Crippen MR) is 94.3 cm³/mol. The van der Waals surface area contributed by atoms with Crippen LogP contribution in [0.15, 0.2) is 18.3 Å². The van der Waals surface area contributed by atoms with Gasteiger partial charge in [0.05, 0.1) is 17.7 Å². The van der Waals surface area contributed by atoms with Gasteiger partial charge in [-0.2, -0.15) is 0 Å². The number of nitrogens with zero attached hydrogens (tertiary/aromatic N) is 1. The average Bonchev–Trinajstić information content (AvgIpc) is 3.06. The lowest BCUT2D eigenvalue weighted by atomic mass is 9.73. The number of aromatic hydroxyl groups is 1. The number of fused-ring (bicyclic) bond motifs is 4. The number of phenols is 1. The molecule has 3 fully saturated rings. The maximum atomic E-state index is 13.5. The second-order valence-corrected chi connectivity index (χ2v) is 6.72. The molecule has 0 aliphatic carbocycles. The zero-order chi connectivity index (χ0) is 18.0. The van der Waals surface area contributed by atoms with E-state index in [1.54, 1.807) is 0 Å². The Morgan fingerprint density at radius 3 is 2.56 bits per heavy atom. The van der Waals surface area contributed by atoms with Crippen LogP contribution in [-0.4, -0.2) is 47.2 Å². The Morgan fingerprint density at radius 2 is 1.92 bits per heavy atom. The standard InChI is InChI=1S/C17H19FN2O3.C2H6/c18-13-7-11-12(9-19-14(11)8-15(13)21)16(22)23-10-17-1-4-20(5-2-17)6-3-17;1-2/h7-9,19,21H,1-6,10H2;1-2H3. The lowest BCUT2D eigenvalue weighted by molar-refractivity contribution is -0.0304. The number of carbonyl (C=O) groups excluding carboxylic acids is 1. The number of halogens is 1. The molecule has 136 valence electrons. The van der Waals surface area contributed by atoms with Gasteiger partial charge >= 0.3 is 5.97 Å². The molecule has 2 N–H and O–H groups in total. The molecule has 0 unspecified atom stereocenters. The number of hydrogen-bond acceptors (Lipinski definition) is 4. The van der Waals surface area contributed by atoms with Crippen LogP contribution >= 0.6 is 0 Å². The summed E-state index contributed by atoms with van der Waals surface area (Å²) in [5.74, 6) is -1.62. The zero-order valence-electron chi connectivity index (χ0n) is 14.8. The summed E-state index contributed by atoms with van der Waals surface area (Å²) in [6, 6.07) is 2.44. The first kappa shape index (κ1) is 17.7. The Hall–Kier alpha value is -2.08. The lowest BCUT2D eigenvalue weighted by Gasteiger charge is -2.47. The topological polar surface area (TPSA) is 65.6 Å². The summed E-state index contributed by atoms with van der Waals surface area (Å²) in [5, 5.41) is 9.83. The maximum absolute atomic E-state index is 13.5. The number of esters is 1. The number of H-pyrrole nitrogens is 1. The fourth-order valence-corrected chi connectivity index (χ4v) is 3.71. The molecule has 2 aromatic rings. The van der Waals surface area contributed by atoms with Gasteiger partial charge in [0.2, 0.25) is 0 Å². The van der Waals surface area contributed by atoms with E-state index in [2.05, 4.69) is 9.88 Å². The van der Waals surface area contributed by atoms with Crippen LogP contribution < -0.4 is 0 Å². The Morgan fingerprint density at radius 1 is 1.28 bits per heavy atom. The molecular formula is C19H25FN2O3. The normalized spacial score (nSPS) is 24.7. The highest BCUT2D eigenvalue weighted by Crippen LogP contribution is 2.40. The molecule has 4 heterocycles. The van der Waals surface area contributed by atoms with Crippen molar-refractivity contribution in [1.82, 2.24) is 9.88 Å². The van der Waals surface area contributed by atoms with Crippen LogP contribution in [0.1, 0.15) is 43.5 Å². The van der Waals surface area contributed by atoms with Crippen LogP contribution in [-0.2, 0) is 4.74 Å². The van der Waals surface area contributed by atoms with E-state index in [1.165, 1.54) is 12.3 Å². The molecule has 0 atom stereocenters. The Labute approximate surface area is 146 Å². The van der Waals surface area contributed by atoms with Crippen LogP contribution in [0.5, 0.6) is 5.75 Å². The molecule has 3 saturated heterocycles. The molecule has 1 aromatic heterocycles. The SMILES string of the molecule is CC.O=C(OCC12CCN(CC1)CC2)c1c[nH]c2cc(O)c(F)cc12. The van der Waals surface area contributed by atoms with E-state index in [4.69, 9.17) is 4.74 Å². The maximum Gasteiger partial charge on any atom is 0.340 e. The van der Waals surface area contributed by atoms with Gasteiger partial charge < -0.3 is 19.7 Å². The number of aromatic amines is 1. The van der Waals surface area contributed by atoms with Crippen molar-refractivity contribution in [1.29, 1.82) is 0 Å². The predicted octanol–water partition coefficient (Wildman–Crippen LogP) is 3.68. The van der Waals surface area contributed by atoms with Gasteiger partial charge in [0.15, 0.2) is 11.6 Å². The van der Waals surface area contributed by atoms with Gasteiger partial charge in [-0.3, -0.25) is 0 Å². The number of ether oxygens (including phenoxy) is 1. The second kappa shape index (κ2) is 7.04. The van der Waals surface area contributed by atoms with Crippen LogP contribution in [0.4, 0.5) is 4.39 Å². The number of carbonyl (C=O) groups is 1. The number of phenolic OH excluding ortho intramolecular Hbond substituents is 1. The number of hydrogen-bond donors (Lipinski definition) is 2. The van der Waals surface area contributed by atoms with Gasteiger partial charge in [-0.05, 0) is 45.0 Å². The van der Waals surface area contributed by atoms with E-state index in [-0.39, 0.29) is 5.41 Å². The molecule has 0 spiro atoms. The molecule has 2 bridgehead atoms. The highest BCUT2D eigenvalue weighted by molar-refractivity contribution is 6.04. The first-order chi connectivity index (χ1) is 12.1. The fourth-order valence-electron chi connectivity index (χ4n) is 3.71. The molecule has 3 aliphatic heterocycles. The third-order valence-corrected chi connectivity index (χ3v) is 5.35. The van der Waals surface area contributed by atoms with Gasteiger partial charge in [-0.15, -0.1) is 0 Å². The van der Waals surface area contributed by atoms with E-state index in [0.717, 1.165) is 45.0 Å². The summed E-state index contributed by atoms with van der Waals surface area (Å²) in [7, 11) is 0. The third-order valence-electron chi connectivity index (χ3n) is 5.35. The highest BCUT2D eigenvalue weighted by atomic mass is 19.1. The molecule has 5 rings (SSSR count). The summed E-state index contributed by atoms with van der Waals surface area (Å²) in [4.78, 5) is 17.7. The zero-order valence-corrected chi connectivity index (χ0v) is 14.8. The molecule has 0 amide bonds. The number of benzene rings is 1. The minimum Gasteiger partial charge on any atom is -0.505 e. The molecule has 1 aromatic carbocycles. The first-order valence-electron chi connectivity index (χ1n) is 8.95. The number of nitrogens with one attached hydrogen (secondary N) is 1. The highest BCUT2D eigenvalue weighted by Gasteiger charge is 2.40. The number of rotatable bonds is 3. The van der Waals surface area contributed by atoms with Gasteiger partial charge in [0.25, 0.3) is 0 Å². The van der Waals surface area contributed by atoms with E-state index in [0.29, 0.717) is 23.1 Å². The smallest absolute Gasteiger partial charge is 0.340 e. The minimum atomic E-state index is -0.746. The van der Waals surface area contributed by atoms with Crippen LogP contribution in [0.25, 0.3) is 10.9 Å². The van der Waals surface area contributed by atoms with Crippen molar-refractivity contribution in [2.75, 3.05) is 26.2 Å². The Balaban J connectivity index is 0.000000880. The summed E-state index contributed by atoms with van der Waals surface area (Å²) in [6.45, 7) is 7.66. The van der Waals surface area contributed by atoms with Gasteiger partial charge in [-0.25, -0.2) is 9.18 Å². The largest absolute Gasteiger partial charge is 0.505 e. The quantitative estimate of drug-likeness (QED) is 0.831. The summed E-state index contributed by atoms with van der Waals surface area (Å²) in [5.41, 5.74) is 0.934. The Kier molecular flexibility index (Phi) is 4.99. The van der Waals surface area contributed by atoms with Crippen molar-refractivity contribution in [2.24, 2.45) is 5.41 Å². The molecule has 5 nitrogen and oxygen atoms in total. The van der Waals surface area contributed by atoms with Crippen molar-refractivity contribution in [3.63, 3.8) is 0 Å². The van der Waals surface area contributed by atoms with Gasteiger partial charge in [-0.1, -0.05) is 13.8 Å². The fraction of sp³-hybridized carbons (Fsp3) is 0.526. The number of piperidine rings is 3. The summed E-state index contributed by atoms with van der Waals surface area (Å²) < 4.78 is 19.1. The van der Waals surface area contributed by atoms with Crippen LogP contribution in [0.2, 0.25) is 0 Å². The van der Waals surface area contributed by atoms with E-state index in [9.17, 15) is 14.3 Å². The van der Waals surface area contributed by atoms with Gasteiger partial charge in [0, 0.05) is 23.1 Å². The lowest BCUT2D eigenvalue weighted by Crippen LogP contribution is -2.50. The van der Waals surface area contributed by atoms with Crippen molar-refractivity contribution in [2.45, 2.75) is 33.1 Å². The minimum absolute atomic E-state index is 0.111. The molecule has 6 heteroatoms. The van der Waals surface area contributed by atoms with Crippen molar-refractivity contribution in [3.05, 3.63) is 29.7 Å². The summed E-state index contributed by atoms with van der Waals surface area (Å²) >= 11 is 0. The monoisotopic (exact) mass is 348 g/mol. The second-order valence-electron chi connectivity index (χ2n) is 6.72. The molecule has 3 aliphatic rings. The molecule has 0 saturated carbocycles. The van der Waals surface area contributed by atoms with Crippen molar-refractivity contribution in [3.8, 4) is 5.75 Å². The van der Waals surface area contributed by atoms with Gasteiger partial charge in [0.1, 0.15) is 0 Å². The Bertz CT molecular complexity index is 750. The van der Waals surface area contributed by atoms with E-state index in [1.807, 2.05) is 13.8 Å². The summed E-state index contributed by atoms with van der Waals surface area (Å²) in [6.07, 6.45) is 4.71. The van der Waals surface area contributed by atoms with E-state index >= 15 is 0 Å². The van der Waals surface area contributed by atoms with Crippen LogP contribution in [0.3, 0.4) is 0 Å².